The maximum Gasteiger partial charge on any atom is 0.316 e. The molecule has 2 fully saturated rings. The minimum Gasteiger partial charge on any atom is -0.507 e. The van der Waals surface area contributed by atoms with E-state index in [2.05, 4.69) is 49.9 Å². The van der Waals surface area contributed by atoms with Crippen LogP contribution in [0.3, 0.4) is 0 Å². The van der Waals surface area contributed by atoms with Gasteiger partial charge in [0.1, 0.15) is 28.7 Å². The van der Waals surface area contributed by atoms with E-state index in [1.165, 1.54) is 12.8 Å². The molecule has 7 rings (SSSR count). The average molecular weight is 593 g/mol. The fourth-order valence-corrected chi connectivity index (χ4v) is 6.56. The quantitative estimate of drug-likeness (QED) is 0.204. The Morgan fingerprint density at radius 2 is 1.89 bits per heavy atom. The minimum absolute atomic E-state index is 0.0126. The number of aryl methyl sites for hydroxylation is 1. The molecular formula is C34H36N6O4. The number of benzene rings is 1. The van der Waals surface area contributed by atoms with Crippen molar-refractivity contribution in [2.45, 2.75) is 57.9 Å². The summed E-state index contributed by atoms with van der Waals surface area (Å²) in [7, 11) is 1.39. The second kappa shape index (κ2) is 11.1. The van der Waals surface area contributed by atoms with Gasteiger partial charge in [-0.2, -0.15) is 0 Å². The molecule has 0 bridgehead atoms. The maximum atomic E-state index is 12.3. The van der Waals surface area contributed by atoms with E-state index >= 15 is 0 Å². The Kier molecular flexibility index (Phi) is 7.07. The van der Waals surface area contributed by atoms with Gasteiger partial charge < -0.3 is 23.8 Å². The van der Waals surface area contributed by atoms with E-state index < -0.39 is 5.92 Å². The van der Waals surface area contributed by atoms with E-state index in [0.717, 1.165) is 60.3 Å². The normalized spacial score (nSPS) is 17.5. The number of carbonyl (C=O) groups is 1. The Balaban J connectivity index is 1.13. The number of nitrogens with zero attached hydrogens (tertiary/aromatic N) is 6. The Hall–Kier alpha value is -4.73. The van der Waals surface area contributed by atoms with E-state index in [1.54, 1.807) is 6.07 Å². The van der Waals surface area contributed by atoms with Crippen molar-refractivity contribution in [1.82, 2.24) is 24.9 Å². The number of aromatic hydroxyl groups is 1. The molecule has 1 unspecified atom stereocenters. The summed E-state index contributed by atoms with van der Waals surface area (Å²) in [6.07, 6.45) is 5.16. The number of methoxy groups -OCH3 is 1. The van der Waals surface area contributed by atoms with Crippen molar-refractivity contribution >= 4 is 22.8 Å². The average Bonchev–Trinajstić information content (AvgIpc) is 3.39. The Morgan fingerprint density at radius 1 is 1.07 bits per heavy atom. The van der Waals surface area contributed by atoms with Gasteiger partial charge in [0.2, 0.25) is 0 Å². The van der Waals surface area contributed by atoms with Gasteiger partial charge in [-0.3, -0.25) is 4.79 Å². The van der Waals surface area contributed by atoms with Gasteiger partial charge in [-0.1, -0.05) is 31.1 Å². The predicted octanol–water partition coefficient (Wildman–Crippen LogP) is 6.40. The smallest absolute Gasteiger partial charge is 0.316 e. The number of hydrogen-bond donors (Lipinski definition) is 1. The zero-order chi connectivity index (χ0) is 30.5. The topological polar surface area (TPSA) is 119 Å². The summed E-state index contributed by atoms with van der Waals surface area (Å²) in [4.78, 5) is 19.6. The van der Waals surface area contributed by atoms with E-state index in [0.29, 0.717) is 34.7 Å². The van der Waals surface area contributed by atoms with Crippen molar-refractivity contribution in [3.05, 3.63) is 71.7 Å². The van der Waals surface area contributed by atoms with Gasteiger partial charge >= 0.3 is 5.97 Å². The number of pyridine rings is 1. The van der Waals surface area contributed by atoms with Crippen LogP contribution in [-0.4, -0.2) is 56.2 Å². The molecule has 226 valence electrons. The second-order valence-electron chi connectivity index (χ2n) is 12.3. The van der Waals surface area contributed by atoms with Crippen LogP contribution in [0.1, 0.15) is 68.0 Å². The number of phenolic OH excluding ortho intramolecular Hbond substituents is 1. The molecule has 10 heteroatoms. The summed E-state index contributed by atoms with van der Waals surface area (Å²) in [5, 5.41) is 23.7. The third-order valence-electron chi connectivity index (χ3n) is 8.92. The van der Waals surface area contributed by atoms with Gasteiger partial charge in [-0.05, 0) is 68.0 Å². The molecule has 1 aromatic carbocycles. The van der Waals surface area contributed by atoms with E-state index in [9.17, 15) is 9.90 Å². The fraction of sp³-hybridized carbons (Fsp3) is 0.382. The monoisotopic (exact) mass is 592 g/mol. The van der Waals surface area contributed by atoms with Crippen LogP contribution in [0.5, 0.6) is 5.75 Å². The van der Waals surface area contributed by atoms with Gasteiger partial charge in [0.25, 0.3) is 0 Å². The highest BCUT2D eigenvalue weighted by molar-refractivity contribution is 5.82. The van der Waals surface area contributed by atoms with E-state index in [-0.39, 0.29) is 17.6 Å². The number of fused-ring (bicyclic) bond motifs is 1. The van der Waals surface area contributed by atoms with Crippen molar-refractivity contribution in [3.63, 3.8) is 0 Å². The van der Waals surface area contributed by atoms with Crippen LogP contribution in [0.4, 0.5) is 5.82 Å². The standard InChI is InChI=1S/C34H36N6O4/c1-19(2)32(34(42)43-4)31-16-25(38-44-31)22-13-20(3)33(35-17-22)39-12-11-21(18-39)28-15-27-29(40(28)23-9-10-23)14-26(36-37-27)24-7-5-6-8-30(24)41/h5-8,13-17,19,21,23,32,41H,9-12,18H2,1-4H3/t21-,32?/m0/s1. The molecule has 1 saturated heterocycles. The summed E-state index contributed by atoms with van der Waals surface area (Å²) >= 11 is 0. The summed E-state index contributed by atoms with van der Waals surface area (Å²) in [6, 6.07) is 15.9. The SMILES string of the molecule is COC(=O)C(c1cc(-c2cnc(N3CC[C@H](c4cc5nnc(-c6ccccc6O)cc5n4C4CC4)C3)c(C)c2)no1)C(C)C. The van der Waals surface area contributed by atoms with Crippen LogP contribution in [0, 0.1) is 12.8 Å². The number of rotatable bonds is 8. The number of anilines is 1. The van der Waals surface area contributed by atoms with Crippen LogP contribution in [-0.2, 0) is 9.53 Å². The third-order valence-corrected chi connectivity index (χ3v) is 8.92. The molecule has 2 atom stereocenters. The first-order chi connectivity index (χ1) is 21.3. The molecule has 1 aliphatic heterocycles. The molecule has 1 N–H and O–H groups in total. The highest BCUT2D eigenvalue weighted by Gasteiger charge is 2.34. The van der Waals surface area contributed by atoms with Crippen LogP contribution >= 0.6 is 0 Å². The Labute approximate surface area is 255 Å². The molecule has 4 aromatic heterocycles. The summed E-state index contributed by atoms with van der Waals surface area (Å²) in [5.41, 5.74) is 7.18. The van der Waals surface area contributed by atoms with Crippen LogP contribution in [0.2, 0.25) is 0 Å². The molecule has 0 amide bonds. The van der Waals surface area contributed by atoms with Crippen molar-refractivity contribution < 1.29 is 19.2 Å². The lowest BCUT2D eigenvalue weighted by Crippen LogP contribution is -2.22. The molecule has 5 heterocycles. The summed E-state index contributed by atoms with van der Waals surface area (Å²) in [6.45, 7) is 7.75. The number of ether oxygens (including phenoxy) is 1. The number of carbonyl (C=O) groups excluding carboxylic acids is 1. The van der Waals surface area contributed by atoms with Crippen molar-refractivity contribution in [1.29, 1.82) is 0 Å². The molecule has 5 aromatic rings. The van der Waals surface area contributed by atoms with Crippen molar-refractivity contribution in [3.8, 4) is 28.3 Å². The number of esters is 1. The van der Waals surface area contributed by atoms with Gasteiger partial charge in [0, 0.05) is 54.1 Å². The van der Waals surface area contributed by atoms with E-state index in [4.69, 9.17) is 14.2 Å². The lowest BCUT2D eigenvalue weighted by molar-refractivity contribution is -0.144. The lowest BCUT2D eigenvalue weighted by atomic mass is 9.93. The van der Waals surface area contributed by atoms with Crippen molar-refractivity contribution in [2.24, 2.45) is 5.92 Å². The first kappa shape index (κ1) is 28.1. The Bertz CT molecular complexity index is 1860. The number of hydrogen-bond acceptors (Lipinski definition) is 9. The molecule has 1 aliphatic carbocycles. The van der Waals surface area contributed by atoms with Gasteiger partial charge in [-0.25, -0.2) is 4.98 Å². The van der Waals surface area contributed by atoms with Crippen molar-refractivity contribution in [2.75, 3.05) is 25.1 Å². The lowest BCUT2D eigenvalue weighted by Gasteiger charge is -2.21. The summed E-state index contributed by atoms with van der Waals surface area (Å²) < 4.78 is 13.0. The molecular weight excluding hydrogens is 556 g/mol. The van der Waals surface area contributed by atoms with Gasteiger partial charge in [0.05, 0.1) is 18.3 Å². The predicted molar refractivity (Wildman–Crippen MR) is 167 cm³/mol. The molecule has 0 spiro atoms. The molecule has 0 radical (unpaired) electrons. The highest BCUT2D eigenvalue weighted by Crippen LogP contribution is 2.44. The number of phenols is 1. The third kappa shape index (κ3) is 4.98. The highest BCUT2D eigenvalue weighted by atomic mass is 16.5. The van der Waals surface area contributed by atoms with Gasteiger partial charge in [0.15, 0.2) is 5.76 Å². The van der Waals surface area contributed by atoms with Gasteiger partial charge in [-0.15, -0.1) is 10.2 Å². The van der Waals surface area contributed by atoms with Crippen LogP contribution < -0.4 is 4.90 Å². The fourth-order valence-electron chi connectivity index (χ4n) is 6.56. The molecule has 10 nitrogen and oxygen atoms in total. The zero-order valence-corrected chi connectivity index (χ0v) is 25.4. The van der Waals surface area contributed by atoms with Crippen LogP contribution in [0.15, 0.2) is 59.3 Å². The second-order valence-corrected chi connectivity index (χ2v) is 12.3. The maximum absolute atomic E-state index is 12.3. The minimum atomic E-state index is -0.509. The first-order valence-electron chi connectivity index (χ1n) is 15.3. The van der Waals surface area contributed by atoms with E-state index in [1.807, 2.05) is 44.3 Å². The molecule has 1 saturated carbocycles. The number of aromatic nitrogens is 5. The Morgan fingerprint density at radius 3 is 2.61 bits per heavy atom. The zero-order valence-electron chi connectivity index (χ0n) is 25.4. The molecule has 2 aliphatic rings. The van der Waals surface area contributed by atoms with Crippen LogP contribution in [0.25, 0.3) is 33.5 Å². The number of para-hydroxylation sites is 1. The molecule has 44 heavy (non-hydrogen) atoms. The largest absolute Gasteiger partial charge is 0.507 e. The summed E-state index contributed by atoms with van der Waals surface area (Å²) in [5.74, 6) is 1.17. The first-order valence-corrected chi connectivity index (χ1v) is 15.3.